The highest BCUT2D eigenvalue weighted by Crippen LogP contribution is 2.28. The average Bonchev–Trinajstić information content (AvgIpc) is 2.98. The summed E-state index contributed by atoms with van der Waals surface area (Å²) in [6.45, 7) is 4.38. The summed E-state index contributed by atoms with van der Waals surface area (Å²) < 4.78 is 23.8. The summed E-state index contributed by atoms with van der Waals surface area (Å²) >= 11 is 0. The van der Waals surface area contributed by atoms with Crippen molar-refractivity contribution in [1.82, 2.24) is 9.88 Å². The number of pyridine rings is 1. The Morgan fingerprint density at radius 3 is 2.50 bits per heavy atom. The molecule has 0 bridgehead atoms. The summed E-state index contributed by atoms with van der Waals surface area (Å²) in [6.07, 6.45) is 2.19. The first-order valence-electron chi connectivity index (χ1n) is 8.89. The number of hydrogen-bond donors (Lipinski definition) is 0. The molecule has 3 rings (SSSR count). The third-order valence-corrected chi connectivity index (χ3v) is 6.66. The zero-order chi connectivity index (χ0) is 18.7. The fourth-order valence-electron chi connectivity index (χ4n) is 3.53. The van der Waals surface area contributed by atoms with Crippen LogP contribution in [-0.2, 0) is 14.6 Å². The van der Waals surface area contributed by atoms with E-state index < -0.39 is 15.8 Å². The molecule has 1 aromatic carbocycles. The number of carbonyl (C=O) groups excluding carboxylic acids is 1. The number of amides is 1. The van der Waals surface area contributed by atoms with E-state index in [1.165, 1.54) is 0 Å². The van der Waals surface area contributed by atoms with E-state index in [0.717, 1.165) is 11.1 Å². The van der Waals surface area contributed by atoms with Crippen LogP contribution in [0.3, 0.4) is 0 Å². The second kappa shape index (κ2) is 7.58. The van der Waals surface area contributed by atoms with Gasteiger partial charge in [-0.25, -0.2) is 8.42 Å². The molecule has 1 aromatic heterocycles. The highest BCUT2D eigenvalue weighted by molar-refractivity contribution is 7.91. The summed E-state index contributed by atoms with van der Waals surface area (Å²) in [5.41, 5.74) is 2.68. The molecule has 0 N–H and O–H groups in total. The van der Waals surface area contributed by atoms with Crippen molar-refractivity contribution in [2.45, 2.75) is 32.2 Å². The minimum absolute atomic E-state index is 0.0510. The van der Waals surface area contributed by atoms with Gasteiger partial charge < -0.3 is 4.90 Å². The number of sulfone groups is 1. The molecule has 26 heavy (non-hydrogen) atoms. The zero-order valence-electron chi connectivity index (χ0n) is 15.1. The summed E-state index contributed by atoms with van der Waals surface area (Å²) in [4.78, 5) is 19.6. The van der Waals surface area contributed by atoms with Gasteiger partial charge in [0.25, 0.3) is 0 Å². The summed E-state index contributed by atoms with van der Waals surface area (Å²) in [5.74, 6) is -0.410. The quantitative estimate of drug-likeness (QED) is 0.809. The van der Waals surface area contributed by atoms with Crippen LogP contribution >= 0.6 is 0 Å². The maximum Gasteiger partial charge on any atom is 0.236 e. The molecule has 1 fully saturated rings. The Balaban J connectivity index is 1.97. The predicted octanol–water partition coefficient (Wildman–Crippen LogP) is 2.56. The number of hydrogen-bond acceptors (Lipinski definition) is 4. The Hall–Kier alpha value is -2.21. The lowest BCUT2D eigenvalue weighted by Gasteiger charge is -2.31. The van der Waals surface area contributed by atoms with Gasteiger partial charge in [0.15, 0.2) is 9.84 Å². The minimum Gasteiger partial charge on any atom is -0.338 e. The molecule has 0 aliphatic carbocycles. The maximum absolute atomic E-state index is 13.4. The number of carbonyl (C=O) groups is 1. The largest absolute Gasteiger partial charge is 0.338 e. The van der Waals surface area contributed by atoms with Gasteiger partial charge in [0, 0.05) is 18.8 Å². The van der Waals surface area contributed by atoms with Crippen molar-refractivity contribution >= 4 is 15.7 Å². The lowest BCUT2D eigenvalue weighted by molar-refractivity contribution is -0.133. The predicted molar refractivity (Wildman–Crippen MR) is 102 cm³/mol. The van der Waals surface area contributed by atoms with Crippen LogP contribution in [0.15, 0.2) is 48.7 Å². The average molecular weight is 372 g/mol. The van der Waals surface area contributed by atoms with E-state index in [2.05, 4.69) is 4.98 Å². The highest BCUT2D eigenvalue weighted by Gasteiger charge is 2.37. The molecule has 0 spiro atoms. The SMILES string of the molecule is CCN(C(=O)C(c1ccc(C)cc1)c1ccccn1)C1CCS(=O)(=O)C1. The zero-order valence-corrected chi connectivity index (χ0v) is 15.9. The van der Waals surface area contributed by atoms with Crippen molar-refractivity contribution in [3.05, 3.63) is 65.5 Å². The fourth-order valence-corrected chi connectivity index (χ4v) is 5.26. The van der Waals surface area contributed by atoms with Crippen LogP contribution in [0.4, 0.5) is 0 Å². The third-order valence-electron chi connectivity index (χ3n) is 4.91. The number of aryl methyl sites for hydroxylation is 1. The van der Waals surface area contributed by atoms with E-state index in [-0.39, 0.29) is 23.5 Å². The number of benzene rings is 1. The fraction of sp³-hybridized carbons (Fsp3) is 0.400. The molecule has 1 amide bonds. The van der Waals surface area contributed by atoms with Crippen molar-refractivity contribution < 1.29 is 13.2 Å². The van der Waals surface area contributed by atoms with Crippen LogP contribution in [0.1, 0.15) is 36.1 Å². The monoisotopic (exact) mass is 372 g/mol. The second-order valence-corrected chi connectivity index (χ2v) is 9.01. The molecule has 2 unspecified atom stereocenters. The van der Waals surface area contributed by atoms with Crippen LogP contribution in [-0.4, -0.2) is 48.3 Å². The van der Waals surface area contributed by atoms with Crippen molar-refractivity contribution in [1.29, 1.82) is 0 Å². The molecular weight excluding hydrogens is 348 g/mol. The van der Waals surface area contributed by atoms with E-state index in [0.29, 0.717) is 18.7 Å². The van der Waals surface area contributed by atoms with E-state index in [1.54, 1.807) is 11.1 Å². The lowest BCUT2D eigenvalue weighted by Crippen LogP contribution is -2.43. The summed E-state index contributed by atoms with van der Waals surface area (Å²) in [6, 6.07) is 13.1. The Bertz CT molecular complexity index is 864. The Labute approximate surface area is 155 Å². The topological polar surface area (TPSA) is 67.3 Å². The van der Waals surface area contributed by atoms with Gasteiger partial charge in [-0.3, -0.25) is 9.78 Å². The molecule has 2 heterocycles. The molecule has 6 heteroatoms. The van der Waals surface area contributed by atoms with E-state index in [9.17, 15) is 13.2 Å². The Kier molecular flexibility index (Phi) is 5.41. The Morgan fingerprint density at radius 2 is 1.96 bits per heavy atom. The van der Waals surface area contributed by atoms with Crippen LogP contribution in [0.5, 0.6) is 0 Å². The van der Waals surface area contributed by atoms with Gasteiger partial charge in [-0.1, -0.05) is 35.9 Å². The maximum atomic E-state index is 13.4. The standard InChI is InChI=1S/C20H24N2O3S/c1-3-22(17-11-13-26(24,25)14-17)20(23)19(18-6-4-5-12-21-18)16-9-7-15(2)8-10-16/h4-10,12,17,19H,3,11,13-14H2,1-2H3. The normalized spacial score (nSPS) is 19.8. The molecule has 1 aliphatic rings. The van der Waals surface area contributed by atoms with Gasteiger partial charge in [-0.2, -0.15) is 0 Å². The first-order chi connectivity index (χ1) is 12.4. The van der Waals surface area contributed by atoms with Crippen molar-refractivity contribution in [2.75, 3.05) is 18.1 Å². The van der Waals surface area contributed by atoms with Crippen LogP contribution in [0.25, 0.3) is 0 Å². The van der Waals surface area contributed by atoms with Gasteiger partial charge in [0.05, 0.1) is 17.2 Å². The van der Waals surface area contributed by atoms with E-state index >= 15 is 0 Å². The van der Waals surface area contributed by atoms with Gasteiger partial charge in [-0.15, -0.1) is 0 Å². The summed E-state index contributed by atoms with van der Waals surface area (Å²) in [7, 11) is -3.05. The summed E-state index contributed by atoms with van der Waals surface area (Å²) in [5, 5.41) is 0. The van der Waals surface area contributed by atoms with Gasteiger partial charge >= 0.3 is 0 Å². The molecule has 5 nitrogen and oxygen atoms in total. The van der Waals surface area contributed by atoms with Gasteiger partial charge in [-0.05, 0) is 38.0 Å². The molecule has 1 saturated heterocycles. The molecule has 0 radical (unpaired) electrons. The van der Waals surface area contributed by atoms with Crippen LogP contribution < -0.4 is 0 Å². The van der Waals surface area contributed by atoms with Crippen molar-refractivity contribution in [2.24, 2.45) is 0 Å². The first kappa shape index (κ1) is 18.6. The molecule has 2 aromatic rings. The number of likely N-dealkylation sites (N-methyl/N-ethyl adjacent to an activating group) is 1. The van der Waals surface area contributed by atoms with E-state index in [1.807, 2.05) is 56.3 Å². The van der Waals surface area contributed by atoms with Gasteiger partial charge in [0.1, 0.15) is 5.92 Å². The lowest BCUT2D eigenvalue weighted by atomic mass is 9.92. The Morgan fingerprint density at radius 1 is 1.23 bits per heavy atom. The number of aromatic nitrogens is 1. The van der Waals surface area contributed by atoms with Crippen LogP contribution in [0.2, 0.25) is 0 Å². The highest BCUT2D eigenvalue weighted by atomic mass is 32.2. The molecule has 138 valence electrons. The minimum atomic E-state index is -3.05. The molecule has 1 aliphatic heterocycles. The molecular formula is C20H24N2O3S. The van der Waals surface area contributed by atoms with Crippen molar-refractivity contribution in [3.63, 3.8) is 0 Å². The van der Waals surface area contributed by atoms with E-state index in [4.69, 9.17) is 0 Å². The first-order valence-corrected chi connectivity index (χ1v) is 10.7. The second-order valence-electron chi connectivity index (χ2n) is 6.78. The number of nitrogens with zero attached hydrogens (tertiary/aromatic N) is 2. The van der Waals surface area contributed by atoms with Crippen LogP contribution in [0, 0.1) is 6.92 Å². The van der Waals surface area contributed by atoms with Crippen molar-refractivity contribution in [3.8, 4) is 0 Å². The molecule has 0 saturated carbocycles. The molecule has 2 atom stereocenters. The third kappa shape index (κ3) is 3.96. The number of rotatable bonds is 5. The smallest absolute Gasteiger partial charge is 0.236 e. The van der Waals surface area contributed by atoms with Gasteiger partial charge in [0.2, 0.25) is 5.91 Å².